The number of ether oxygens (including phenoxy) is 3. The second kappa shape index (κ2) is 8.17. The molecule has 0 atom stereocenters. The summed E-state index contributed by atoms with van der Waals surface area (Å²) in [6, 6.07) is 10.0. The van der Waals surface area contributed by atoms with Crippen molar-refractivity contribution in [2.75, 3.05) is 13.7 Å². The molecule has 6 heteroatoms. The lowest BCUT2D eigenvalue weighted by molar-refractivity contribution is 0.0473. The monoisotopic (exact) mass is 382 g/mol. The average Bonchev–Trinajstić information content (AvgIpc) is 2.69. The number of benzene rings is 2. The highest BCUT2D eigenvalue weighted by atomic mass is 16.5. The summed E-state index contributed by atoms with van der Waals surface area (Å²) in [7, 11) is 1.51. The molecule has 6 nitrogen and oxygen atoms in total. The predicted octanol–water partition coefficient (Wildman–Crippen LogP) is 4.17. The highest BCUT2D eigenvalue weighted by Gasteiger charge is 2.15. The molecule has 3 aromatic rings. The summed E-state index contributed by atoms with van der Waals surface area (Å²) < 4.78 is 21.5. The molecule has 0 bridgehead atoms. The smallest absolute Gasteiger partial charge is 0.338 e. The van der Waals surface area contributed by atoms with Gasteiger partial charge in [-0.2, -0.15) is 0 Å². The SMILES string of the molecule is CCOc1ccc(C(=O)OCc2cc(=O)oc3c(C)c(C)ccc23)cc1OC. The third-order valence-electron chi connectivity index (χ3n) is 4.58. The lowest BCUT2D eigenvalue weighted by Gasteiger charge is -2.12. The van der Waals surface area contributed by atoms with E-state index in [2.05, 4.69) is 0 Å². The zero-order chi connectivity index (χ0) is 20.3. The normalized spacial score (nSPS) is 10.7. The molecule has 0 unspecified atom stereocenters. The first-order valence-corrected chi connectivity index (χ1v) is 8.95. The van der Waals surface area contributed by atoms with Gasteiger partial charge in [0.2, 0.25) is 0 Å². The van der Waals surface area contributed by atoms with Crippen LogP contribution < -0.4 is 15.1 Å². The van der Waals surface area contributed by atoms with E-state index in [1.165, 1.54) is 13.2 Å². The second-order valence-electron chi connectivity index (χ2n) is 6.35. The maximum absolute atomic E-state index is 12.5. The van der Waals surface area contributed by atoms with Crippen LogP contribution in [0.1, 0.15) is 34.0 Å². The Hall–Kier alpha value is -3.28. The second-order valence-corrected chi connectivity index (χ2v) is 6.35. The molecule has 28 heavy (non-hydrogen) atoms. The van der Waals surface area contributed by atoms with Gasteiger partial charge in [-0.1, -0.05) is 12.1 Å². The Kier molecular flexibility index (Phi) is 5.68. The molecule has 1 heterocycles. The molecule has 0 aliphatic rings. The number of methoxy groups -OCH3 is 1. The van der Waals surface area contributed by atoms with E-state index in [1.54, 1.807) is 18.2 Å². The van der Waals surface area contributed by atoms with Gasteiger partial charge in [0.1, 0.15) is 12.2 Å². The van der Waals surface area contributed by atoms with Crippen molar-refractivity contribution in [3.8, 4) is 11.5 Å². The molecule has 1 aromatic heterocycles. The van der Waals surface area contributed by atoms with E-state index in [0.717, 1.165) is 16.5 Å². The van der Waals surface area contributed by atoms with Crippen molar-refractivity contribution in [2.24, 2.45) is 0 Å². The quantitative estimate of drug-likeness (QED) is 0.470. The Bertz CT molecular complexity index is 1080. The number of hydrogen-bond acceptors (Lipinski definition) is 6. The van der Waals surface area contributed by atoms with Crippen molar-refractivity contribution >= 4 is 16.9 Å². The van der Waals surface area contributed by atoms with E-state index in [-0.39, 0.29) is 6.61 Å². The number of aryl methyl sites for hydroxylation is 2. The first-order valence-electron chi connectivity index (χ1n) is 8.95. The van der Waals surface area contributed by atoms with Crippen LogP contribution in [0.3, 0.4) is 0 Å². The summed E-state index contributed by atoms with van der Waals surface area (Å²) in [5, 5.41) is 0.750. The van der Waals surface area contributed by atoms with Crippen molar-refractivity contribution in [3.05, 3.63) is 69.1 Å². The molecule has 0 aliphatic carbocycles. The van der Waals surface area contributed by atoms with Crippen LogP contribution in [0, 0.1) is 13.8 Å². The van der Waals surface area contributed by atoms with Crippen molar-refractivity contribution in [2.45, 2.75) is 27.4 Å². The predicted molar refractivity (Wildman–Crippen MR) is 105 cm³/mol. The van der Waals surface area contributed by atoms with Gasteiger partial charge in [-0.3, -0.25) is 0 Å². The molecule has 3 rings (SSSR count). The molecular weight excluding hydrogens is 360 g/mol. The van der Waals surface area contributed by atoms with Crippen molar-refractivity contribution in [1.29, 1.82) is 0 Å². The molecule has 0 radical (unpaired) electrons. The molecule has 0 amide bonds. The fourth-order valence-corrected chi connectivity index (χ4v) is 2.94. The van der Waals surface area contributed by atoms with Crippen molar-refractivity contribution in [1.82, 2.24) is 0 Å². The maximum Gasteiger partial charge on any atom is 0.338 e. The van der Waals surface area contributed by atoms with Gasteiger partial charge in [0.15, 0.2) is 11.5 Å². The summed E-state index contributed by atoms with van der Waals surface area (Å²) in [6.45, 7) is 6.15. The van der Waals surface area contributed by atoms with E-state index < -0.39 is 11.6 Å². The minimum absolute atomic E-state index is 0.0427. The minimum Gasteiger partial charge on any atom is -0.493 e. The summed E-state index contributed by atoms with van der Waals surface area (Å²) in [4.78, 5) is 24.4. The van der Waals surface area contributed by atoms with E-state index in [9.17, 15) is 9.59 Å². The molecular formula is C22H22O6. The Morgan fingerprint density at radius 2 is 1.86 bits per heavy atom. The largest absolute Gasteiger partial charge is 0.493 e. The van der Waals surface area contributed by atoms with Gasteiger partial charge in [0.05, 0.1) is 19.3 Å². The van der Waals surface area contributed by atoms with Crippen LogP contribution in [0.2, 0.25) is 0 Å². The van der Waals surface area contributed by atoms with Gasteiger partial charge in [-0.15, -0.1) is 0 Å². The number of carbonyl (C=O) groups is 1. The molecule has 0 N–H and O–H groups in total. The first-order chi connectivity index (χ1) is 13.4. The Labute approximate surface area is 162 Å². The highest BCUT2D eigenvalue weighted by molar-refractivity contribution is 5.90. The lowest BCUT2D eigenvalue weighted by Crippen LogP contribution is -2.09. The molecule has 2 aromatic carbocycles. The third kappa shape index (κ3) is 3.86. The van der Waals surface area contributed by atoms with Crippen LogP contribution in [-0.4, -0.2) is 19.7 Å². The van der Waals surface area contributed by atoms with E-state index in [1.807, 2.05) is 32.9 Å². The van der Waals surface area contributed by atoms with Gasteiger partial charge in [0, 0.05) is 17.0 Å². The highest BCUT2D eigenvalue weighted by Crippen LogP contribution is 2.29. The number of esters is 1. The average molecular weight is 382 g/mol. The summed E-state index contributed by atoms with van der Waals surface area (Å²) in [6.07, 6.45) is 0. The van der Waals surface area contributed by atoms with Crippen LogP contribution in [0.25, 0.3) is 11.0 Å². The number of rotatable bonds is 6. The fraction of sp³-hybridized carbons (Fsp3) is 0.273. The summed E-state index contributed by atoms with van der Waals surface area (Å²) in [5.41, 5.74) is 2.88. The summed E-state index contributed by atoms with van der Waals surface area (Å²) in [5.74, 6) is 0.485. The van der Waals surface area contributed by atoms with Crippen LogP contribution in [0.4, 0.5) is 0 Å². The molecule has 0 spiro atoms. The van der Waals surface area contributed by atoms with Crippen LogP contribution in [0.15, 0.2) is 45.6 Å². The van der Waals surface area contributed by atoms with Gasteiger partial charge in [0.25, 0.3) is 0 Å². The van der Waals surface area contributed by atoms with Gasteiger partial charge in [-0.25, -0.2) is 9.59 Å². The first kappa shape index (κ1) is 19.5. The van der Waals surface area contributed by atoms with Gasteiger partial charge >= 0.3 is 11.6 Å². The van der Waals surface area contributed by atoms with Crippen molar-refractivity contribution in [3.63, 3.8) is 0 Å². The molecule has 0 saturated carbocycles. The molecule has 146 valence electrons. The van der Waals surface area contributed by atoms with Crippen LogP contribution in [0.5, 0.6) is 11.5 Å². The number of hydrogen-bond donors (Lipinski definition) is 0. The minimum atomic E-state index is -0.522. The molecule has 0 aliphatic heterocycles. The topological polar surface area (TPSA) is 75.0 Å². The van der Waals surface area contributed by atoms with Gasteiger partial charge < -0.3 is 18.6 Å². The van der Waals surface area contributed by atoms with Gasteiger partial charge in [-0.05, 0) is 50.1 Å². The standard InChI is InChI=1S/C22H22O6/c1-5-26-18-9-7-15(10-19(18)25-4)22(24)27-12-16-11-20(23)28-21-14(3)13(2)6-8-17(16)21/h6-11H,5,12H2,1-4H3. The number of fused-ring (bicyclic) bond motifs is 1. The Balaban J connectivity index is 1.85. The number of carbonyl (C=O) groups excluding carboxylic acids is 1. The van der Waals surface area contributed by atoms with Crippen LogP contribution in [-0.2, 0) is 11.3 Å². The van der Waals surface area contributed by atoms with Crippen LogP contribution >= 0.6 is 0 Å². The van der Waals surface area contributed by atoms with E-state index in [0.29, 0.717) is 34.8 Å². The molecule has 0 fully saturated rings. The third-order valence-corrected chi connectivity index (χ3v) is 4.58. The zero-order valence-corrected chi connectivity index (χ0v) is 16.3. The van der Waals surface area contributed by atoms with E-state index >= 15 is 0 Å². The van der Waals surface area contributed by atoms with E-state index in [4.69, 9.17) is 18.6 Å². The Morgan fingerprint density at radius 3 is 2.57 bits per heavy atom. The zero-order valence-electron chi connectivity index (χ0n) is 16.3. The Morgan fingerprint density at radius 1 is 1.07 bits per heavy atom. The maximum atomic E-state index is 12.5. The summed E-state index contributed by atoms with van der Waals surface area (Å²) >= 11 is 0. The molecule has 0 saturated heterocycles. The fourth-order valence-electron chi connectivity index (χ4n) is 2.94. The lowest BCUT2D eigenvalue weighted by atomic mass is 10.0. The van der Waals surface area contributed by atoms with Crippen molar-refractivity contribution < 1.29 is 23.4 Å².